The Hall–Kier alpha value is -1.93. The third-order valence-corrected chi connectivity index (χ3v) is 5.30. The molecule has 8 heteroatoms. The number of hydrogen-bond donors (Lipinski definition) is 1. The minimum atomic E-state index is -3.77. The molecule has 2 aromatic rings. The van der Waals surface area contributed by atoms with Crippen molar-refractivity contribution < 1.29 is 17.5 Å². The summed E-state index contributed by atoms with van der Waals surface area (Å²) in [5.74, 6) is -0.635. The summed E-state index contributed by atoms with van der Waals surface area (Å²) in [6, 6.07) is 5.32. The van der Waals surface area contributed by atoms with E-state index in [1.807, 2.05) is 10.7 Å². The highest BCUT2D eigenvalue weighted by molar-refractivity contribution is 7.89. The lowest BCUT2D eigenvalue weighted by molar-refractivity contribution is 0.321. The van der Waals surface area contributed by atoms with Crippen molar-refractivity contribution in [3.8, 4) is 5.75 Å². The molecule has 1 aliphatic heterocycles. The van der Waals surface area contributed by atoms with Crippen LogP contribution in [0.2, 0.25) is 0 Å². The predicted octanol–water partition coefficient (Wildman–Crippen LogP) is 1.71. The zero-order valence-electron chi connectivity index (χ0n) is 12.7. The summed E-state index contributed by atoms with van der Waals surface area (Å²) in [7, 11) is -3.77. The Balaban J connectivity index is 1.76. The van der Waals surface area contributed by atoms with Crippen molar-refractivity contribution in [3.05, 3.63) is 42.0 Å². The molecule has 0 bridgehead atoms. The van der Waals surface area contributed by atoms with E-state index in [2.05, 4.69) is 9.82 Å². The van der Waals surface area contributed by atoms with Crippen LogP contribution in [0.15, 0.2) is 35.4 Å². The van der Waals surface area contributed by atoms with Crippen LogP contribution in [0.3, 0.4) is 0 Å². The lowest BCUT2D eigenvalue weighted by atomic mass is 10.1. The number of ether oxygens (including phenoxy) is 1. The van der Waals surface area contributed by atoms with Crippen LogP contribution in [0.1, 0.15) is 19.0 Å². The molecule has 23 heavy (non-hydrogen) atoms. The molecule has 3 rings (SSSR count). The van der Waals surface area contributed by atoms with Crippen molar-refractivity contribution in [3.63, 3.8) is 0 Å². The molecule has 1 aromatic heterocycles. The number of rotatable bonds is 5. The number of hydrogen-bond acceptors (Lipinski definition) is 4. The first-order valence-electron chi connectivity index (χ1n) is 7.45. The summed E-state index contributed by atoms with van der Waals surface area (Å²) in [5.41, 5.74) is 0.988. The standard InChI is InChI=1S/C15H18FN3O3S/c1-2-22-15-4-3-13(10-14(15)16)23(20,21)18-11-6-8-19-12(9-11)5-7-17-19/h3-5,7,10-11,18H,2,6,8-9H2,1H3/t11-/m1/s1. The van der Waals surface area contributed by atoms with E-state index >= 15 is 0 Å². The van der Waals surface area contributed by atoms with E-state index in [0.717, 1.165) is 11.8 Å². The molecule has 1 aliphatic rings. The summed E-state index contributed by atoms with van der Waals surface area (Å²) >= 11 is 0. The summed E-state index contributed by atoms with van der Waals surface area (Å²) < 4.78 is 48.3. The van der Waals surface area contributed by atoms with Gasteiger partial charge in [0.2, 0.25) is 10.0 Å². The number of aromatic nitrogens is 2. The van der Waals surface area contributed by atoms with Crippen molar-refractivity contribution in [2.24, 2.45) is 0 Å². The minimum Gasteiger partial charge on any atom is -0.491 e. The fraction of sp³-hybridized carbons (Fsp3) is 0.400. The average Bonchev–Trinajstić information content (AvgIpc) is 2.96. The summed E-state index contributed by atoms with van der Waals surface area (Å²) in [4.78, 5) is -0.0995. The second kappa shape index (κ2) is 6.29. The van der Waals surface area contributed by atoms with E-state index in [0.29, 0.717) is 26.0 Å². The van der Waals surface area contributed by atoms with Gasteiger partial charge in [-0.2, -0.15) is 5.10 Å². The van der Waals surface area contributed by atoms with Crippen molar-refractivity contribution >= 4 is 10.0 Å². The second-order valence-corrected chi connectivity index (χ2v) is 7.10. The number of sulfonamides is 1. The second-order valence-electron chi connectivity index (χ2n) is 5.38. The molecule has 2 heterocycles. The normalized spacial score (nSPS) is 17.7. The fourth-order valence-corrected chi connectivity index (χ4v) is 3.96. The zero-order chi connectivity index (χ0) is 16.4. The van der Waals surface area contributed by atoms with E-state index in [1.54, 1.807) is 13.1 Å². The topological polar surface area (TPSA) is 73.2 Å². The molecule has 0 aliphatic carbocycles. The first-order valence-corrected chi connectivity index (χ1v) is 8.93. The van der Waals surface area contributed by atoms with Gasteiger partial charge in [0, 0.05) is 30.9 Å². The maximum Gasteiger partial charge on any atom is 0.240 e. The Bertz CT molecular complexity index is 804. The molecule has 0 unspecified atom stereocenters. The van der Waals surface area contributed by atoms with Crippen LogP contribution >= 0.6 is 0 Å². The first-order chi connectivity index (χ1) is 11.0. The molecule has 0 radical (unpaired) electrons. The van der Waals surface area contributed by atoms with Gasteiger partial charge in [0.15, 0.2) is 11.6 Å². The van der Waals surface area contributed by atoms with Crippen LogP contribution in [-0.2, 0) is 23.0 Å². The van der Waals surface area contributed by atoms with Gasteiger partial charge >= 0.3 is 0 Å². The Morgan fingerprint density at radius 1 is 1.43 bits per heavy atom. The lowest BCUT2D eigenvalue weighted by Crippen LogP contribution is -2.40. The molecule has 1 aromatic carbocycles. The fourth-order valence-electron chi connectivity index (χ4n) is 2.68. The Morgan fingerprint density at radius 2 is 2.26 bits per heavy atom. The molecular formula is C15H18FN3O3S. The highest BCUT2D eigenvalue weighted by atomic mass is 32.2. The highest BCUT2D eigenvalue weighted by Gasteiger charge is 2.25. The third kappa shape index (κ3) is 3.37. The van der Waals surface area contributed by atoms with Gasteiger partial charge in [0.1, 0.15) is 0 Å². The molecule has 0 spiro atoms. The minimum absolute atomic E-state index is 0.0491. The van der Waals surface area contributed by atoms with Crippen molar-refractivity contribution in [1.29, 1.82) is 0 Å². The van der Waals surface area contributed by atoms with E-state index in [4.69, 9.17) is 4.74 Å². The smallest absolute Gasteiger partial charge is 0.240 e. The van der Waals surface area contributed by atoms with Gasteiger partial charge in [-0.1, -0.05) is 0 Å². The Labute approximate surface area is 134 Å². The molecule has 6 nitrogen and oxygen atoms in total. The van der Waals surface area contributed by atoms with E-state index in [1.165, 1.54) is 12.1 Å². The van der Waals surface area contributed by atoms with Crippen molar-refractivity contribution in [2.75, 3.05) is 6.61 Å². The van der Waals surface area contributed by atoms with Crippen LogP contribution in [0.25, 0.3) is 0 Å². The van der Waals surface area contributed by atoms with Crippen molar-refractivity contribution in [2.45, 2.75) is 37.2 Å². The summed E-state index contributed by atoms with van der Waals surface area (Å²) in [5, 5.41) is 4.16. The van der Waals surface area contributed by atoms with Gasteiger partial charge in [-0.25, -0.2) is 17.5 Å². The maximum absolute atomic E-state index is 13.9. The van der Waals surface area contributed by atoms with Gasteiger partial charge in [-0.05, 0) is 37.6 Å². The Kier molecular flexibility index (Phi) is 4.36. The Morgan fingerprint density at radius 3 is 3.00 bits per heavy atom. The molecule has 124 valence electrons. The molecule has 0 amide bonds. The van der Waals surface area contributed by atoms with Gasteiger partial charge in [0.25, 0.3) is 0 Å². The number of halogens is 1. The van der Waals surface area contributed by atoms with E-state index < -0.39 is 15.8 Å². The predicted molar refractivity (Wildman–Crippen MR) is 82.2 cm³/mol. The molecule has 0 fully saturated rings. The van der Waals surface area contributed by atoms with Crippen LogP contribution in [0, 0.1) is 5.82 Å². The summed E-state index contributed by atoms with van der Waals surface area (Å²) in [6.45, 7) is 2.71. The number of benzene rings is 1. The van der Waals surface area contributed by atoms with E-state index in [-0.39, 0.29) is 16.7 Å². The number of aryl methyl sites for hydroxylation is 1. The van der Waals surface area contributed by atoms with Crippen LogP contribution in [0.5, 0.6) is 5.75 Å². The number of nitrogens with zero attached hydrogens (tertiary/aromatic N) is 2. The molecule has 1 N–H and O–H groups in total. The average molecular weight is 339 g/mol. The van der Waals surface area contributed by atoms with Crippen LogP contribution in [0.4, 0.5) is 4.39 Å². The van der Waals surface area contributed by atoms with Crippen LogP contribution in [-0.4, -0.2) is 30.8 Å². The zero-order valence-corrected chi connectivity index (χ0v) is 13.5. The molecule has 0 saturated carbocycles. The largest absolute Gasteiger partial charge is 0.491 e. The van der Waals surface area contributed by atoms with Gasteiger partial charge < -0.3 is 4.74 Å². The first kappa shape index (κ1) is 15.9. The van der Waals surface area contributed by atoms with Gasteiger partial charge in [-0.3, -0.25) is 4.68 Å². The SMILES string of the molecule is CCOc1ccc(S(=O)(=O)N[C@@H]2CCn3nccc3C2)cc1F. The molecule has 1 atom stereocenters. The third-order valence-electron chi connectivity index (χ3n) is 3.78. The highest BCUT2D eigenvalue weighted by Crippen LogP contribution is 2.22. The molecular weight excluding hydrogens is 321 g/mol. The quantitative estimate of drug-likeness (QED) is 0.900. The number of fused-ring (bicyclic) bond motifs is 1. The molecule has 0 saturated heterocycles. The maximum atomic E-state index is 13.9. The van der Waals surface area contributed by atoms with Crippen LogP contribution < -0.4 is 9.46 Å². The summed E-state index contributed by atoms with van der Waals surface area (Å²) in [6.07, 6.45) is 2.92. The number of nitrogens with one attached hydrogen (secondary N) is 1. The van der Waals surface area contributed by atoms with E-state index in [9.17, 15) is 12.8 Å². The lowest BCUT2D eigenvalue weighted by Gasteiger charge is -2.24. The van der Waals surface area contributed by atoms with Crippen molar-refractivity contribution in [1.82, 2.24) is 14.5 Å². The monoisotopic (exact) mass is 339 g/mol. The van der Waals surface area contributed by atoms with Gasteiger partial charge in [-0.15, -0.1) is 0 Å². The van der Waals surface area contributed by atoms with Gasteiger partial charge in [0.05, 0.1) is 11.5 Å².